The summed E-state index contributed by atoms with van der Waals surface area (Å²) in [6.07, 6.45) is 32.5. The number of amides is 1. The van der Waals surface area contributed by atoms with Gasteiger partial charge in [-0.25, -0.2) is 4.57 Å². The molecule has 0 bridgehead atoms. The van der Waals surface area contributed by atoms with Crippen molar-refractivity contribution in [3.63, 3.8) is 0 Å². The van der Waals surface area contributed by atoms with E-state index >= 15 is 0 Å². The Morgan fingerprint density at radius 2 is 1.35 bits per heavy atom. The summed E-state index contributed by atoms with van der Waals surface area (Å²) >= 11 is 0. The molecule has 0 aromatic carbocycles. The van der Waals surface area contributed by atoms with Crippen LogP contribution < -0.4 is 5.32 Å². The van der Waals surface area contributed by atoms with E-state index in [0.717, 1.165) is 32.1 Å². The second-order valence-electron chi connectivity index (χ2n) is 15.1. The minimum absolute atomic E-state index is 0.0378. The summed E-state index contributed by atoms with van der Waals surface area (Å²) < 4.78 is 50.5. The van der Waals surface area contributed by atoms with Crippen LogP contribution in [0.5, 0.6) is 0 Å². The highest BCUT2D eigenvalue weighted by Gasteiger charge is 2.51. The van der Waals surface area contributed by atoms with E-state index in [9.17, 15) is 9.36 Å². The molecule has 1 unspecified atom stereocenters. The molecular weight excluding hydrogens is 713 g/mol. The first-order chi connectivity index (χ1) is 26.8. The predicted molar refractivity (Wildman–Crippen MR) is 228 cm³/mol. The molecular formula is C45H82NO8P. The van der Waals surface area contributed by atoms with E-state index in [1.807, 2.05) is 13.8 Å². The number of allylic oxidation sites excluding steroid dienone is 3. The standard InChI is InChI=1S/C45H82NO8P/c1-8-14-16-18-19-20-21-22-23-24-25-26-27-29-31-33-41(47)46-42-44(49-38-34-39(7)32-30-28-17-15-9-2)43(40(13-6)53-45(42)50-35-10-3)54-55(48,51-36-11-4)52-37-12-5/h10-12,20-21,35,39-40,42-45H,4-5,8-9,13-19,22-34,36-38H2,1-3,6-7H3,(H,46,47)/b21-20-,35-10-/t39-,40-,42-,43?,44-,45+/m1/s1. The van der Waals surface area contributed by atoms with Crippen LogP contribution in [-0.4, -0.2) is 56.4 Å². The maximum absolute atomic E-state index is 13.9. The number of ether oxygens (including phenoxy) is 3. The Morgan fingerprint density at radius 3 is 1.93 bits per heavy atom. The number of hydrogen-bond donors (Lipinski definition) is 1. The van der Waals surface area contributed by atoms with E-state index in [-0.39, 0.29) is 19.1 Å². The van der Waals surface area contributed by atoms with Crippen molar-refractivity contribution < 1.29 is 37.1 Å². The zero-order chi connectivity index (χ0) is 40.4. The molecule has 1 aliphatic heterocycles. The summed E-state index contributed by atoms with van der Waals surface area (Å²) in [6, 6.07) is -0.738. The zero-order valence-electron chi connectivity index (χ0n) is 35.7. The first-order valence-corrected chi connectivity index (χ1v) is 23.5. The number of unbranched alkanes of at least 4 members (excludes halogenated alkanes) is 15. The van der Waals surface area contributed by atoms with Crippen LogP contribution in [0.2, 0.25) is 0 Å². The van der Waals surface area contributed by atoms with Crippen molar-refractivity contribution in [3.8, 4) is 0 Å². The van der Waals surface area contributed by atoms with Crippen molar-refractivity contribution in [1.29, 1.82) is 0 Å². The van der Waals surface area contributed by atoms with Crippen molar-refractivity contribution in [1.82, 2.24) is 5.32 Å². The first kappa shape index (κ1) is 51.3. The van der Waals surface area contributed by atoms with Crippen LogP contribution in [0.4, 0.5) is 0 Å². The van der Waals surface area contributed by atoms with Gasteiger partial charge in [-0.15, -0.1) is 13.2 Å². The highest BCUT2D eigenvalue weighted by molar-refractivity contribution is 7.48. The van der Waals surface area contributed by atoms with Crippen LogP contribution in [0.1, 0.15) is 176 Å². The second-order valence-corrected chi connectivity index (χ2v) is 16.7. The van der Waals surface area contributed by atoms with Gasteiger partial charge < -0.3 is 19.5 Å². The second kappa shape index (κ2) is 34.3. The smallest absolute Gasteiger partial charge is 0.471 e. The average molecular weight is 796 g/mol. The minimum Gasteiger partial charge on any atom is -0.471 e. The number of hydrogen-bond acceptors (Lipinski definition) is 8. The zero-order valence-corrected chi connectivity index (χ0v) is 36.6. The van der Waals surface area contributed by atoms with Crippen LogP contribution in [0.15, 0.2) is 49.8 Å². The summed E-state index contributed by atoms with van der Waals surface area (Å²) in [7, 11) is -4.11. The summed E-state index contributed by atoms with van der Waals surface area (Å²) in [4.78, 5) is 13.5. The Bertz CT molecular complexity index is 1050. The SMILES string of the molecule is C=CCOP(=O)(OCC=C)OC1[C@@H](CC)O[C@H](O/C=C\C)[C@H](NC(=O)CCCCCCCCC/C=C\CCCCCC)[C@H]1OCC[C@H](C)CCCCCCC. The first-order valence-electron chi connectivity index (χ1n) is 22.1. The van der Waals surface area contributed by atoms with Gasteiger partial charge in [0.25, 0.3) is 0 Å². The monoisotopic (exact) mass is 796 g/mol. The van der Waals surface area contributed by atoms with Crippen molar-refractivity contribution in [2.45, 2.75) is 207 Å². The highest BCUT2D eigenvalue weighted by atomic mass is 31.2. The number of phosphoric ester groups is 1. The van der Waals surface area contributed by atoms with Gasteiger partial charge in [-0.2, -0.15) is 0 Å². The molecule has 0 aromatic heterocycles. The van der Waals surface area contributed by atoms with Crippen LogP contribution in [0.3, 0.4) is 0 Å². The molecule has 0 aromatic rings. The number of nitrogens with one attached hydrogen (secondary N) is 1. The van der Waals surface area contributed by atoms with Crippen molar-refractivity contribution >= 4 is 13.7 Å². The maximum Gasteiger partial charge on any atom is 0.475 e. The molecule has 1 aliphatic rings. The molecule has 6 atom stereocenters. The van der Waals surface area contributed by atoms with Crippen LogP contribution >= 0.6 is 7.82 Å². The van der Waals surface area contributed by atoms with Crippen molar-refractivity contribution in [2.24, 2.45) is 5.92 Å². The molecule has 10 heteroatoms. The fraction of sp³-hybridized carbons (Fsp3) is 0.800. The lowest BCUT2D eigenvalue weighted by atomic mass is 9.94. The fourth-order valence-corrected chi connectivity index (χ4v) is 8.10. The van der Waals surface area contributed by atoms with Crippen LogP contribution in [-0.2, 0) is 37.1 Å². The molecule has 0 radical (unpaired) electrons. The normalized spacial score (nSPS) is 20.9. The van der Waals surface area contributed by atoms with Gasteiger partial charge in [-0.1, -0.05) is 148 Å². The van der Waals surface area contributed by atoms with Gasteiger partial charge >= 0.3 is 7.82 Å². The van der Waals surface area contributed by atoms with Gasteiger partial charge in [-0.3, -0.25) is 18.4 Å². The molecule has 320 valence electrons. The molecule has 1 fully saturated rings. The van der Waals surface area contributed by atoms with Crippen LogP contribution in [0.25, 0.3) is 0 Å². The highest BCUT2D eigenvalue weighted by Crippen LogP contribution is 2.52. The Hall–Kier alpha value is -1.74. The third-order valence-electron chi connectivity index (χ3n) is 10.1. The average Bonchev–Trinajstić information content (AvgIpc) is 3.18. The van der Waals surface area contributed by atoms with Gasteiger partial charge in [0.1, 0.15) is 18.2 Å². The molecule has 1 heterocycles. The van der Waals surface area contributed by atoms with Gasteiger partial charge in [-0.05, 0) is 57.8 Å². The number of carbonyl (C=O) groups is 1. The third kappa shape index (κ3) is 24.6. The van der Waals surface area contributed by atoms with Crippen molar-refractivity contribution in [2.75, 3.05) is 19.8 Å². The molecule has 1 N–H and O–H groups in total. The van der Waals surface area contributed by atoms with E-state index < -0.39 is 38.5 Å². The summed E-state index contributed by atoms with van der Waals surface area (Å²) in [5, 5.41) is 3.18. The van der Waals surface area contributed by atoms with E-state index in [2.05, 4.69) is 51.4 Å². The number of carbonyl (C=O) groups excluding carboxylic acids is 1. The minimum atomic E-state index is -4.11. The van der Waals surface area contributed by atoms with E-state index in [1.54, 1.807) is 12.3 Å². The van der Waals surface area contributed by atoms with E-state index in [1.165, 1.54) is 108 Å². The summed E-state index contributed by atoms with van der Waals surface area (Å²) in [5.41, 5.74) is 0. The number of phosphoric acid groups is 1. The maximum atomic E-state index is 13.9. The van der Waals surface area contributed by atoms with E-state index in [4.69, 9.17) is 27.8 Å². The molecule has 9 nitrogen and oxygen atoms in total. The lowest BCUT2D eigenvalue weighted by Crippen LogP contribution is -2.65. The fourth-order valence-electron chi connectivity index (χ4n) is 6.78. The Balaban J connectivity index is 2.94. The molecule has 0 saturated carbocycles. The summed E-state index contributed by atoms with van der Waals surface area (Å²) in [6.45, 7) is 18.3. The van der Waals surface area contributed by atoms with E-state index in [0.29, 0.717) is 25.4 Å². The molecule has 55 heavy (non-hydrogen) atoms. The molecule has 0 aliphatic carbocycles. The Kier molecular flexibility index (Phi) is 32.0. The predicted octanol–water partition coefficient (Wildman–Crippen LogP) is 12.9. The quantitative estimate of drug-likeness (QED) is 0.0287. The lowest BCUT2D eigenvalue weighted by Gasteiger charge is -2.46. The molecule has 0 spiro atoms. The lowest BCUT2D eigenvalue weighted by molar-refractivity contribution is -0.255. The number of rotatable bonds is 37. The van der Waals surface area contributed by atoms with Gasteiger partial charge in [0.2, 0.25) is 12.2 Å². The Morgan fingerprint density at radius 1 is 0.782 bits per heavy atom. The van der Waals surface area contributed by atoms with Crippen molar-refractivity contribution in [3.05, 3.63) is 49.8 Å². The summed E-state index contributed by atoms with van der Waals surface area (Å²) in [5.74, 6) is 0.353. The van der Waals surface area contributed by atoms with Crippen LogP contribution in [0, 0.1) is 5.92 Å². The van der Waals surface area contributed by atoms with Gasteiger partial charge in [0.05, 0.1) is 25.6 Å². The molecule has 1 rings (SSSR count). The Labute approximate surface area is 337 Å². The molecule has 1 amide bonds. The molecule has 1 saturated heterocycles. The van der Waals surface area contributed by atoms with Gasteiger partial charge in [0, 0.05) is 13.0 Å². The third-order valence-corrected chi connectivity index (χ3v) is 11.5. The largest absolute Gasteiger partial charge is 0.475 e. The topological polar surface area (TPSA) is 102 Å². The van der Waals surface area contributed by atoms with Gasteiger partial charge in [0.15, 0.2) is 0 Å².